The average Bonchev–Trinajstić information content (AvgIpc) is 2.84. The maximum Gasteiger partial charge on any atom is 0.249 e. The summed E-state index contributed by atoms with van der Waals surface area (Å²) in [6.45, 7) is 0.593. The minimum absolute atomic E-state index is 0.0760. The lowest BCUT2D eigenvalue weighted by molar-refractivity contribution is -0.124. The highest BCUT2D eigenvalue weighted by Gasteiger charge is 2.34. The molecule has 3 rings (SSSR count). The van der Waals surface area contributed by atoms with Crippen molar-refractivity contribution in [3.05, 3.63) is 23.8 Å². The molecule has 1 aromatic rings. The van der Waals surface area contributed by atoms with E-state index in [0.29, 0.717) is 25.1 Å². The van der Waals surface area contributed by atoms with Gasteiger partial charge in [-0.3, -0.25) is 9.59 Å². The molecule has 0 unspecified atom stereocenters. The van der Waals surface area contributed by atoms with Crippen LogP contribution in [-0.4, -0.2) is 29.5 Å². The van der Waals surface area contributed by atoms with Crippen molar-refractivity contribution >= 4 is 17.5 Å². The maximum absolute atomic E-state index is 12.5. The van der Waals surface area contributed by atoms with Crippen molar-refractivity contribution in [3.8, 4) is 5.75 Å². The number of nitrogens with one attached hydrogen (secondary N) is 1. The molecule has 5 nitrogen and oxygen atoms in total. The Labute approximate surface area is 111 Å². The van der Waals surface area contributed by atoms with Gasteiger partial charge in [0.1, 0.15) is 11.8 Å². The van der Waals surface area contributed by atoms with Crippen molar-refractivity contribution in [2.24, 2.45) is 0 Å². The van der Waals surface area contributed by atoms with Gasteiger partial charge in [0.15, 0.2) is 0 Å². The van der Waals surface area contributed by atoms with Crippen molar-refractivity contribution in [1.82, 2.24) is 5.32 Å². The van der Waals surface area contributed by atoms with Crippen LogP contribution in [0.4, 0.5) is 5.69 Å². The molecule has 100 valence electrons. The third-order valence-electron chi connectivity index (χ3n) is 3.76. The molecule has 0 aromatic heterocycles. The van der Waals surface area contributed by atoms with E-state index in [1.54, 1.807) is 17.0 Å². The summed E-state index contributed by atoms with van der Waals surface area (Å²) in [6, 6.07) is 4.87. The lowest BCUT2D eigenvalue weighted by atomic mass is 10.00. The number of benzene rings is 1. The Morgan fingerprint density at radius 2 is 2.21 bits per heavy atom. The number of aryl methyl sites for hydroxylation is 1. The van der Waals surface area contributed by atoms with Crippen LogP contribution in [0.25, 0.3) is 0 Å². The fraction of sp³-hybridized carbons (Fsp3) is 0.429. The number of phenols is 1. The van der Waals surface area contributed by atoms with Crippen LogP contribution in [0.1, 0.15) is 24.8 Å². The lowest BCUT2D eigenvalue weighted by Gasteiger charge is -2.31. The molecule has 1 saturated heterocycles. The maximum atomic E-state index is 12.5. The summed E-state index contributed by atoms with van der Waals surface area (Å²) in [6.07, 6.45) is 2.68. The highest BCUT2D eigenvalue weighted by atomic mass is 16.3. The number of para-hydroxylation sites is 1. The smallest absolute Gasteiger partial charge is 0.249 e. The minimum atomic E-state index is -0.446. The van der Waals surface area contributed by atoms with E-state index in [1.165, 1.54) is 0 Å². The largest absolute Gasteiger partial charge is 0.506 e. The second-order valence-corrected chi connectivity index (χ2v) is 5.04. The molecule has 2 aliphatic rings. The molecule has 1 fully saturated rings. The average molecular weight is 260 g/mol. The van der Waals surface area contributed by atoms with E-state index in [0.717, 1.165) is 18.4 Å². The molecule has 2 heterocycles. The zero-order valence-corrected chi connectivity index (χ0v) is 10.6. The zero-order valence-electron chi connectivity index (χ0n) is 10.6. The summed E-state index contributed by atoms with van der Waals surface area (Å²) in [4.78, 5) is 25.3. The van der Waals surface area contributed by atoms with Crippen LogP contribution in [0, 0.1) is 0 Å². The highest BCUT2D eigenvalue weighted by molar-refractivity contribution is 6.02. The van der Waals surface area contributed by atoms with Gasteiger partial charge >= 0.3 is 0 Å². The van der Waals surface area contributed by atoms with Gasteiger partial charge in [0, 0.05) is 13.0 Å². The van der Waals surface area contributed by atoms with Gasteiger partial charge in [-0.2, -0.15) is 0 Å². The first-order valence-corrected chi connectivity index (χ1v) is 6.58. The van der Waals surface area contributed by atoms with Crippen molar-refractivity contribution in [2.75, 3.05) is 11.4 Å². The van der Waals surface area contributed by atoms with Crippen LogP contribution in [0.15, 0.2) is 18.2 Å². The number of carbonyl (C=O) groups excluding carboxylic acids is 2. The molecule has 0 bridgehead atoms. The summed E-state index contributed by atoms with van der Waals surface area (Å²) >= 11 is 0. The number of amides is 2. The number of phenolic OH excluding ortho intramolecular Hbond substituents is 1. The third-order valence-corrected chi connectivity index (χ3v) is 3.76. The number of hydrogen-bond acceptors (Lipinski definition) is 3. The summed E-state index contributed by atoms with van der Waals surface area (Å²) in [5, 5.41) is 12.7. The van der Waals surface area contributed by atoms with Crippen LogP contribution in [0.5, 0.6) is 5.75 Å². The molecule has 1 atom stereocenters. The Morgan fingerprint density at radius 3 is 2.95 bits per heavy atom. The van der Waals surface area contributed by atoms with Crippen LogP contribution in [0.2, 0.25) is 0 Å². The number of nitrogens with zero attached hydrogens (tertiary/aromatic N) is 1. The molecule has 1 aromatic carbocycles. The first-order valence-electron chi connectivity index (χ1n) is 6.58. The van der Waals surface area contributed by atoms with E-state index in [1.807, 2.05) is 6.07 Å². The van der Waals surface area contributed by atoms with E-state index in [9.17, 15) is 14.7 Å². The molecule has 0 spiro atoms. The number of aromatic hydroxyl groups is 1. The van der Waals surface area contributed by atoms with Gasteiger partial charge in [-0.15, -0.1) is 0 Å². The first-order chi connectivity index (χ1) is 9.16. The summed E-state index contributed by atoms with van der Waals surface area (Å²) in [5.41, 5.74) is 1.60. The van der Waals surface area contributed by atoms with E-state index in [4.69, 9.17) is 0 Å². The normalized spacial score (nSPS) is 22.0. The van der Waals surface area contributed by atoms with Gasteiger partial charge < -0.3 is 15.3 Å². The minimum Gasteiger partial charge on any atom is -0.506 e. The van der Waals surface area contributed by atoms with E-state index >= 15 is 0 Å². The van der Waals surface area contributed by atoms with E-state index in [2.05, 4.69) is 5.32 Å². The zero-order chi connectivity index (χ0) is 13.4. The monoisotopic (exact) mass is 260 g/mol. The first kappa shape index (κ1) is 12.0. The van der Waals surface area contributed by atoms with Crippen molar-refractivity contribution in [1.29, 1.82) is 0 Å². The van der Waals surface area contributed by atoms with Crippen molar-refractivity contribution in [2.45, 2.75) is 31.7 Å². The highest BCUT2D eigenvalue weighted by Crippen LogP contribution is 2.36. The SMILES string of the molecule is O=C1CC[C@@H](C(=O)N2CCCc3cccc(O)c32)N1. The van der Waals surface area contributed by atoms with Crippen LogP contribution in [-0.2, 0) is 16.0 Å². The van der Waals surface area contributed by atoms with Crippen LogP contribution < -0.4 is 10.2 Å². The van der Waals surface area contributed by atoms with E-state index in [-0.39, 0.29) is 17.6 Å². The molecule has 19 heavy (non-hydrogen) atoms. The summed E-state index contributed by atoms with van der Waals surface area (Å²) in [7, 11) is 0. The molecular weight excluding hydrogens is 244 g/mol. The second-order valence-electron chi connectivity index (χ2n) is 5.04. The number of hydrogen-bond donors (Lipinski definition) is 2. The van der Waals surface area contributed by atoms with Crippen molar-refractivity contribution < 1.29 is 14.7 Å². The number of anilines is 1. The number of rotatable bonds is 1. The van der Waals surface area contributed by atoms with Gasteiger partial charge in [-0.05, 0) is 30.9 Å². The fourth-order valence-electron chi connectivity index (χ4n) is 2.84. The predicted octanol–water partition coefficient (Wildman–Crippen LogP) is 0.950. The molecule has 0 radical (unpaired) electrons. The molecular formula is C14H16N2O3. The molecule has 0 aliphatic carbocycles. The lowest BCUT2D eigenvalue weighted by Crippen LogP contribution is -2.46. The van der Waals surface area contributed by atoms with Gasteiger partial charge in [-0.25, -0.2) is 0 Å². The van der Waals surface area contributed by atoms with Gasteiger partial charge in [-0.1, -0.05) is 12.1 Å². The fourth-order valence-corrected chi connectivity index (χ4v) is 2.84. The molecule has 2 aliphatic heterocycles. The van der Waals surface area contributed by atoms with Crippen LogP contribution >= 0.6 is 0 Å². The molecule has 0 saturated carbocycles. The Hall–Kier alpha value is -2.04. The van der Waals surface area contributed by atoms with Gasteiger partial charge in [0.05, 0.1) is 5.69 Å². The Balaban J connectivity index is 1.91. The summed E-state index contributed by atoms with van der Waals surface area (Å²) in [5.74, 6) is -0.0592. The van der Waals surface area contributed by atoms with Gasteiger partial charge in [0.25, 0.3) is 0 Å². The number of fused-ring (bicyclic) bond motifs is 1. The quantitative estimate of drug-likeness (QED) is 0.790. The second kappa shape index (κ2) is 4.57. The third kappa shape index (κ3) is 2.05. The molecule has 2 amide bonds. The summed E-state index contributed by atoms with van der Waals surface area (Å²) < 4.78 is 0. The topological polar surface area (TPSA) is 69.6 Å². The molecule has 2 N–H and O–H groups in total. The predicted molar refractivity (Wildman–Crippen MR) is 69.9 cm³/mol. The molecule has 5 heteroatoms. The number of carbonyl (C=O) groups is 2. The standard InChI is InChI=1S/C14H16N2O3/c17-11-5-1-3-9-4-2-8-16(13(9)11)14(19)10-6-7-12(18)15-10/h1,3,5,10,17H,2,4,6-8H2,(H,15,18)/t10-/m0/s1. The Morgan fingerprint density at radius 1 is 1.37 bits per heavy atom. The Kier molecular flexibility index (Phi) is 2.89. The van der Waals surface area contributed by atoms with Crippen LogP contribution in [0.3, 0.4) is 0 Å². The Bertz CT molecular complexity index is 541. The van der Waals surface area contributed by atoms with Crippen molar-refractivity contribution in [3.63, 3.8) is 0 Å². The van der Waals surface area contributed by atoms with Gasteiger partial charge in [0.2, 0.25) is 11.8 Å². The van der Waals surface area contributed by atoms with E-state index < -0.39 is 6.04 Å².